The van der Waals surface area contributed by atoms with Crippen LogP contribution < -0.4 is 0 Å². The van der Waals surface area contributed by atoms with Gasteiger partial charge in [0.1, 0.15) is 0 Å². The average molecular weight is 257 g/mol. The lowest BCUT2D eigenvalue weighted by molar-refractivity contribution is -0.143. The lowest BCUT2D eigenvalue weighted by Crippen LogP contribution is -2.41. The summed E-state index contributed by atoms with van der Waals surface area (Å²) in [6.07, 6.45) is 7.76. The second kappa shape index (κ2) is 9.76. The molecule has 0 saturated carbocycles. The molecule has 0 aromatic carbocycles. The Morgan fingerprint density at radius 1 is 1.11 bits per heavy atom. The zero-order chi connectivity index (χ0) is 13.2. The first kappa shape index (κ1) is 15.9. The summed E-state index contributed by atoms with van der Waals surface area (Å²) in [5.41, 5.74) is 0. The van der Waals surface area contributed by atoms with Gasteiger partial charge in [0.2, 0.25) is 0 Å². The molecule has 0 aromatic rings. The molecule has 0 bridgehead atoms. The van der Waals surface area contributed by atoms with E-state index in [1.54, 1.807) is 0 Å². The van der Waals surface area contributed by atoms with E-state index < -0.39 is 0 Å². The minimum Gasteiger partial charge on any atom is -0.353 e. The van der Waals surface area contributed by atoms with Gasteiger partial charge in [0.25, 0.3) is 0 Å². The molecule has 0 amide bonds. The molecule has 0 aromatic heterocycles. The first-order valence-corrected chi connectivity index (χ1v) is 7.79. The van der Waals surface area contributed by atoms with Gasteiger partial charge < -0.3 is 14.4 Å². The normalized spacial score (nSPS) is 21.7. The quantitative estimate of drug-likeness (QED) is 0.591. The fraction of sp³-hybridized carbons (Fsp3) is 1.00. The molecule has 1 rings (SSSR count). The summed E-state index contributed by atoms with van der Waals surface area (Å²) >= 11 is 0. The summed E-state index contributed by atoms with van der Waals surface area (Å²) in [6, 6.07) is 0.799. The number of hydrogen-bond donors (Lipinski definition) is 0. The molecule has 1 atom stereocenters. The van der Waals surface area contributed by atoms with Gasteiger partial charge in [-0.1, -0.05) is 19.8 Å². The van der Waals surface area contributed by atoms with E-state index in [2.05, 4.69) is 11.8 Å². The van der Waals surface area contributed by atoms with Crippen LogP contribution in [-0.4, -0.2) is 43.5 Å². The third-order valence-corrected chi connectivity index (χ3v) is 3.73. The smallest absolute Gasteiger partial charge is 0.158 e. The van der Waals surface area contributed by atoms with Gasteiger partial charge in [0.15, 0.2) is 6.29 Å². The van der Waals surface area contributed by atoms with Crippen LogP contribution in [0.1, 0.15) is 59.3 Å². The van der Waals surface area contributed by atoms with E-state index in [0.29, 0.717) is 0 Å². The van der Waals surface area contributed by atoms with Crippen molar-refractivity contribution < 1.29 is 9.47 Å². The molecule has 108 valence electrons. The van der Waals surface area contributed by atoms with Crippen LogP contribution in [0.15, 0.2) is 0 Å². The summed E-state index contributed by atoms with van der Waals surface area (Å²) in [6.45, 7) is 10.2. The fourth-order valence-corrected chi connectivity index (χ4v) is 2.87. The molecule has 1 fully saturated rings. The highest BCUT2D eigenvalue weighted by Crippen LogP contribution is 2.21. The average Bonchev–Trinajstić information content (AvgIpc) is 2.38. The topological polar surface area (TPSA) is 21.7 Å². The van der Waals surface area contributed by atoms with Crippen LogP contribution >= 0.6 is 0 Å². The van der Waals surface area contributed by atoms with Crippen molar-refractivity contribution in [1.29, 1.82) is 0 Å². The minimum atomic E-state index is -0.01000. The summed E-state index contributed by atoms with van der Waals surface area (Å²) in [5.74, 6) is 0. The zero-order valence-electron chi connectivity index (χ0n) is 12.5. The summed E-state index contributed by atoms with van der Waals surface area (Å²) in [4.78, 5) is 2.65. The zero-order valence-corrected chi connectivity index (χ0v) is 12.5. The lowest BCUT2D eigenvalue weighted by atomic mass is 9.98. The number of nitrogens with zero attached hydrogens (tertiary/aromatic N) is 1. The third-order valence-electron chi connectivity index (χ3n) is 3.73. The van der Waals surface area contributed by atoms with E-state index in [9.17, 15) is 0 Å². The van der Waals surface area contributed by atoms with Crippen molar-refractivity contribution in [3.05, 3.63) is 0 Å². The Kier molecular flexibility index (Phi) is 8.64. The van der Waals surface area contributed by atoms with Crippen molar-refractivity contribution in [2.24, 2.45) is 0 Å². The molecule has 0 aliphatic carbocycles. The van der Waals surface area contributed by atoms with Crippen LogP contribution in [0, 0.1) is 0 Å². The molecule has 3 heteroatoms. The van der Waals surface area contributed by atoms with Gasteiger partial charge in [-0.2, -0.15) is 0 Å². The summed E-state index contributed by atoms with van der Waals surface area (Å²) in [5, 5.41) is 0. The predicted octanol–water partition coefficient (Wildman–Crippen LogP) is 3.43. The lowest BCUT2D eigenvalue weighted by Gasteiger charge is -2.36. The molecule has 3 nitrogen and oxygen atoms in total. The van der Waals surface area contributed by atoms with Crippen LogP contribution in [-0.2, 0) is 9.47 Å². The van der Waals surface area contributed by atoms with E-state index in [1.165, 1.54) is 38.6 Å². The molecule has 0 radical (unpaired) electrons. The van der Waals surface area contributed by atoms with Crippen LogP contribution in [0.5, 0.6) is 0 Å². The molecular formula is C15H31NO2. The summed E-state index contributed by atoms with van der Waals surface area (Å²) < 4.78 is 11.2. The number of rotatable bonds is 9. The van der Waals surface area contributed by atoms with E-state index in [-0.39, 0.29) is 6.29 Å². The van der Waals surface area contributed by atoms with Crippen molar-refractivity contribution >= 4 is 0 Å². The Balaban J connectivity index is 2.33. The summed E-state index contributed by atoms with van der Waals surface area (Å²) in [7, 11) is 0. The van der Waals surface area contributed by atoms with E-state index in [4.69, 9.17) is 9.47 Å². The first-order valence-electron chi connectivity index (χ1n) is 7.79. The second-order valence-corrected chi connectivity index (χ2v) is 5.10. The van der Waals surface area contributed by atoms with Crippen LogP contribution in [0.4, 0.5) is 0 Å². The monoisotopic (exact) mass is 257 g/mol. The van der Waals surface area contributed by atoms with Gasteiger partial charge in [0.05, 0.1) is 0 Å². The number of piperidine rings is 1. The van der Waals surface area contributed by atoms with Crippen LogP contribution in [0.2, 0.25) is 0 Å². The van der Waals surface area contributed by atoms with Crippen LogP contribution in [0.25, 0.3) is 0 Å². The highest BCUT2D eigenvalue weighted by atomic mass is 16.7. The van der Waals surface area contributed by atoms with Crippen molar-refractivity contribution in [1.82, 2.24) is 4.90 Å². The number of hydrogen-bond acceptors (Lipinski definition) is 3. The van der Waals surface area contributed by atoms with E-state index in [0.717, 1.165) is 32.2 Å². The van der Waals surface area contributed by atoms with Crippen molar-refractivity contribution in [2.75, 3.05) is 26.3 Å². The number of likely N-dealkylation sites (tertiary alicyclic amines) is 1. The first-order chi connectivity index (χ1) is 8.81. The Labute approximate surface area is 113 Å². The minimum absolute atomic E-state index is 0.01000. The van der Waals surface area contributed by atoms with Gasteiger partial charge in [-0.15, -0.1) is 0 Å². The maximum atomic E-state index is 5.62. The van der Waals surface area contributed by atoms with Gasteiger partial charge >= 0.3 is 0 Å². The molecule has 1 saturated heterocycles. The van der Waals surface area contributed by atoms with Gasteiger partial charge in [0, 0.05) is 32.2 Å². The highest BCUT2D eigenvalue weighted by Gasteiger charge is 2.22. The highest BCUT2D eigenvalue weighted by molar-refractivity contribution is 4.76. The Morgan fingerprint density at radius 3 is 2.44 bits per heavy atom. The molecule has 1 aliphatic rings. The SMILES string of the molecule is CCCC1CCCCN1CCC(OCC)OCC. The van der Waals surface area contributed by atoms with Crippen LogP contribution in [0.3, 0.4) is 0 Å². The molecule has 18 heavy (non-hydrogen) atoms. The van der Waals surface area contributed by atoms with E-state index in [1.807, 2.05) is 13.8 Å². The maximum Gasteiger partial charge on any atom is 0.158 e. The molecular weight excluding hydrogens is 226 g/mol. The van der Waals surface area contributed by atoms with Gasteiger partial charge in [-0.3, -0.25) is 0 Å². The molecule has 0 spiro atoms. The van der Waals surface area contributed by atoms with Crippen molar-refractivity contribution in [3.8, 4) is 0 Å². The molecule has 1 aliphatic heterocycles. The van der Waals surface area contributed by atoms with E-state index >= 15 is 0 Å². The predicted molar refractivity (Wildman–Crippen MR) is 75.8 cm³/mol. The molecule has 1 heterocycles. The Morgan fingerprint density at radius 2 is 1.83 bits per heavy atom. The molecule has 0 N–H and O–H groups in total. The number of ether oxygens (including phenoxy) is 2. The van der Waals surface area contributed by atoms with Crippen molar-refractivity contribution in [2.45, 2.75) is 71.6 Å². The van der Waals surface area contributed by atoms with Gasteiger partial charge in [-0.25, -0.2) is 0 Å². The Bertz CT molecular complexity index is 191. The fourth-order valence-electron chi connectivity index (χ4n) is 2.87. The van der Waals surface area contributed by atoms with Crippen molar-refractivity contribution in [3.63, 3.8) is 0 Å². The maximum absolute atomic E-state index is 5.62. The Hall–Kier alpha value is -0.120. The molecule has 1 unspecified atom stereocenters. The van der Waals surface area contributed by atoms with Gasteiger partial charge in [-0.05, 0) is 39.7 Å². The standard InChI is InChI=1S/C15H31NO2/c1-4-9-14-10-7-8-12-16(14)13-11-15(17-5-2)18-6-3/h14-15H,4-13H2,1-3H3. The second-order valence-electron chi connectivity index (χ2n) is 5.10. The largest absolute Gasteiger partial charge is 0.353 e. The third kappa shape index (κ3) is 5.68.